The van der Waals surface area contributed by atoms with E-state index in [1.165, 1.54) is 11.8 Å². The van der Waals surface area contributed by atoms with Crippen LogP contribution in [-0.4, -0.2) is 46.2 Å². The van der Waals surface area contributed by atoms with Gasteiger partial charge in [-0.2, -0.15) is 0 Å². The van der Waals surface area contributed by atoms with E-state index in [1.807, 2.05) is 66.1 Å². The van der Waals surface area contributed by atoms with E-state index in [9.17, 15) is 4.79 Å². The van der Waals surface area contributed by atoms with Gasteiger partial charge in [-0.05, 0) is 31.2 Å². The van der Waals surface area contributed by atoms with Gasteiger partial charge in [0.05, 0.1) is 18.0 Å². The molecular weight excluding hydrogens is 464 g/mol. The summed E-state index contributed by atoms with van der Waals surface area (Å²) < 4.78 is 18.9. The normalized spacial score (nSPS) is 12.3. The molecule has 0 unspecified atom stereocenters. The quantitative estimate of drug-likeness (QED) is 0.355. The number of ether oxygens (including phenoxy) is 3. The third kappa shape index (κ3) is 5.09. The monoisotopic (exact) mass is 488 g/mol. The molecule has 1 aliphatic heterocycles. The standard InChI is InChI=1S/C26H24N4O4S/c1-2-32-21-11-7-6-10-20(21)30-25(18-8-4-3-5-9-18)28-29-26(30)35-17-24(31)27-19-12-13-22-23(16-19)34-15-14-33-22/h3-13,16H,2,14-15,17H2,1H3,(H,27,31). The fraction of sp³-hybridized carbons (Fsp3) is 0.192. The Morgan fingerprint density at radius 1 is 1.00 bits per heavy atom. The van der Waals surface area contributed by atoms with Crippen LogP contribution in [0.4, 0.5) is 5.69 Å². The fourth-order valence-electron chi connectivity index (χ4n) is 3.72. The number of amides is 1. The van der Waals surface area contributed by atoms with E-state index in [4.69, 9.17) is 14.2 Å². The first kappa shape index (κ1) is 22.8. The van der Waals surface area contributed by atoms with Crippen LogP contribution in [0, 0.1) is 0 Å². The summed E-state index contributed by atoms with van der Waals surface area (Å²) in [7, 11) is 0. The molecule has 2 heterocycles. The van der Waals surface area contributed by atoms with Gasteiger partial charge in [0, 0.05) is 17.3 Å². The average molecular weight is 489 g/mol. The Hall–Kier alpha value is -3.98. The van der Waals surface area contributed by atoms with E-state index >= 15 is 0 Å². The highest BCUT2D eigenvalue weighted by Crippen LogP contribution is 2.34. The molecule has 178 valence electrons. The highest BCUT2D eigenvalue weighted by molar-refractivity contribution is 7.99. The minimum Gasteiger partial charge on any atom is -0.492 e. The zero-order valence-electron chi connectivity index (χ0n) is 19.1. The van der Waals surface area contributed by atoms with Crippen molar-refractivity contribution in [1.29, 1.82) is 0 Å². The number of rotatable bonds is 8. The lowest BCUT2D eigenvalue weighted by molar-refractivity contribution is -0.113. The lowest BCUT2D eigenvalue weighted by Gasteiger charge is -2.19. The number of carbonyl (C=O) groups is 1. The second-order valence-electron chi connectivity index (χ2n) is 7.60. The molecule has 0 fully saturated rings. The fourth-order valence-corrected chi connectivity index (χ4v) is 4.47. The van der Waals surface area contributed by atoms with E-state index in [0.29, 0.717) is 48.0 Å². The third-order valence-corrected chi connectivity index (χ3v) is 6.16. The molecule has 0 atom stereocenters. The highest BCUT2D eigenvalue weighted by atomic mass is 32.2. The van der Waals surface area contributed by atoms with Gasteiger partial charge in [-0.3, -0.25) is 9.36 Å². The number of thioether (sulfide) groups is 1. The molecule has 1 amide bonds. The van der Waals surface area contributed by atoms with Gasteiger partial charge in [0.25, 0.3) is 0 Å². The van der Waals surface area contributed by atoms with Crippen molar-refractivity contribution in [3.63, 3.8) is 0 Å². The Labute approximate surface area is 207 Å². The summed E-state index contributed by atoms with van der Waals surface area (Å²) in [5.41, 5.74) is 2.37. The summed E-state index contributed by atoms with van der Waals surface area (Å²) in [5.74, 6) is 2.68. The zero-order chi connectivity index (χ0) is 24.0. The van der Waals surface area contributed by atoms with Crippen molar-refractivity contribution in [2.24, 2.45) is 0 Å². The molecule has 9 heteroatoms. The van der Waals surface area contributed by atoms with Gasteiger partial charge in [0.1, 0.15) is 19.0 Å². The summed E-state index contributed by atoms with van der Waals surface area (Å²) in [6.07, 6.45) is 0. The number of aromatic nitrogens is 3. The number of anilines is 1. The lowest BCUT2D eigenvalue weighted by Crippen LogP contribution is -2.17. The van der Waals surface area contributed by atoms with Gasteiger partial charge in [-0.25, -0.2) is 0 Å². The Kier molecular flexibility index (Phi) is 6.85. The number of nitrogens with zero attached hydrogens (tertiary/aromatic N) is 3. The van der Waals surface area contributed by atoms with E-state index < -0.39 is 0 Å². The van der Waals surface area contributed by atoms with E-state index in [1.54, 1.807) is 18.2 Å². The first-order valence-corrected chi connectivity index (χ1v) is 12.3. The van der Waals surface area contributed by atoms with Gasteiger partial charge in [-0.1, -0.05) is 54.2 Å². The van der Waals surface area contributed by atoms with Crippen LogP contribution in [0.5, 0.6) is 17.2 Å². The molecule has 0 bridgehead atoms. The van der Waals surface area contributed by atoms with E-state index in [2.05, 4.69) is 15.5 Å². The molecule has 0 radical (unpaired) electrons. The molecule has 1 N–H and O–H groups in total. The molecule has 0 saturated carbocycles. The lowest BCUT2D eigenvalue weighted by atomic mass is 10.2. The highest BCUT2D eigenvalue weighted by Gasteiger charge is 2.20. The van der Waals surface area contributed by atoms with Crippen LogP contribution in [0.2, 0.25) is 0 Å². The molecule has 35 heavy (non-hydrogen) atoms. The molecule has 0 aliphatic carbocycles. The maximum Gasteiger partial charge on any atom is 0.234 e. The van der Waals surface area contributed by atoms with Crippen LogP contribution in [-0.2, 0) is 4.79 Å². The number of benzene rings is 3. The van der Waals surface area contributed by atoms with Crippen molar-refractivity contribution in [3.8, 4) is 34.3 Å². The van der Waals surface area contributed by atoms with Crippen LogP contribution in [0.15, 0.2) is 78.0 Å². The molecule has 8 nitrogen and oxygen atoms in total. The average Bonchev–Trinajstić information content (AvgIpc) is 3.32. The Morgan fingerprint density at radius 3 is 2.60 bits per heavy atom. The predicted octanol–water partition coefficient (Wildman–Crippen LogP) is 4.84. The van der Waals surface area contributed by atoms with Gasteiger partial charge in [0.2, 0.25) is 5.91 Å². The first-order chi connectivity index (χ1) is 17.2. The minimum atomic E-state index is -0.166. The summed E-state index contributed by atoms with van der Waals surface area (Å²) in [4.78, 5) is 12.8. The van der Waals surface area contributed by atoms with Crippen molar-refractivity contribution in [1.82, 2.24) is 14.8 Å². The molecule has 1 aromatic heterocycles. The van der Waals surface area contributed by atoms with Crippen molar-refractivity contribution < 1.29 is 19.0 Å². The smallest absolute Gasteiger partial charge is 0.234 e. The maximum atomic E-state index is 12.8. The Bertz CT molecular complexity index is 1330. The largest absolute Gasteiger partial charge is 0.492 e. The third-order valence-electron chi connectivity index (χ3n) is 5.23. The molecule has 0 saturated heterocycles. The van der Waals surface area contributed by atoms with Crippen LogP contribution < -0.4 is 19.5 Å². The first-order valence-electron chi connectivity index (χ1n) is 11.3. The molecule has 5 rings (SSSR count). The number of para-hydroxylation sites is 2. The summed E-state index contributed by atoms with van der Waals surface area (Å²) in [6, 6.07) is 22.9. The zero-order valence-corrected chi connectivity index (χ0v) is 20.0. The number of hydrogen-bond donors (Lipinski definition) is 1. The van der Waals surface area contributed by atoms with Crippen molar-refractivity contribution in [3.05, 3.63) is 72.8 Å². The molecule has 4 aromatic rings. The second-order valence-corrected chi connectivity index (χ2v) is 8.55. The van der Waals surface area contributed by atoms with Gasteiger partial charge < -0.3 is 19.5 Å². The van der Waals surface area contributed by atoms with Crippen molar-refractivity contribution >= 4 is 23.4 Å². The SMILES string of the molecule is CCOc1ccccc1-n1c(SCC(=O)Nc2ccc3c(c2)OCCO3)nnc1-c1ccccc1. The molecule has 0 spiro atoms. The van der Waals surface area contributed by atoms with Gasteiger partial charge in [-0.15, -0.1) is 10.2 Å². The number of carbonyl (C=O) groups excluding carboxylic acids is 1. The Morgan fingerprint density at radius 2 is 1.77 bits per heavy atom. The summed E-state index contributed by atoms with van der Waals surface area (Å²) in [5, 5.41) is 12.4. The van der Waals surface area contributed by atoms with Crippen molar-refractivity contribution in [2.75, 3.05) is 30.9 Å². The van der Waals surface area contributed by atoms with Crippen molar-refractivity contribution in [2.45, 2.75) is 12.1 Å². The molecule has 3 aromatic carbocycles. The van der Waals surface area contributed by atoms with Crippen LogP contribution in [0.3, 0.4) is 0 Å². The van der Waals surface area contributed by atoms with Gasteiger partial charge >= 0.3 is 0 Å². The topological polar surface area (TPSA) is 87.5 Å². The minimum absolute atomic E-state index is 0.151. The summed E-state index contributed by atoms with van der Waals surface area (Å²) >= 11 is 1.31. The summed E-state index contributed by atoms with van der Waals surface area (Å²) in [6.45, 7) is 3.48. The second kappa shape index (κ2) is 10.5. The maximum absolute atomic E-state index is 12.8. The van der Waals surface area contributed by atoms with Gasteiger partial charge in [0.15, 0.2) is 22.5 Å². The van der Waals surface area contributed by atoms with Crippen LogP contribution in [0.25, 0.3) is 17.1 Å². The molecule has 1 aliphatic rings. The number of hydrogen-bond acceptors (Lipinski definition) is 7. The number of nitrogens with one attached hydrogen (secondary N) is 1. The van der Waals surface area contributed by atoms with E-state index in [0.717, 1.165) is 17.0 Å². The predicted molar refractivity (Wildman–Crippen MR) is 135 cm³/mol. The number of fused-ring (bicyclic) bond motifs is 1. The van der Waals surface area contributed by atoms with Crippen LogP contribution >= 0.6 is 11.8 Å². The molecular formula is C26H24N4O4S. The van der Waals surface area contributed by atoms with E-state index in [-0.39, 0.29) is 11.7 Å². The Balaban J connectivity index is 1.39. The van der Waals surface area contributed by atoms with Crippen LogP contribution in [0.1, 0.15) is 6.92 Å².